The molecule has 0 radical (unpaired) electrons. The van der Waals surface area contributed by atoms with Crippen LogP contribution in [0.2, 0.25) is 0 Å². The Labute approximate surface area is 83.8 Å². The number of ether oxygens (including phenoxy) is 1. The van der Waals surface area contributed by atoms with E-state index in [4.69, 9.17) is 10.5 Å². The van der Waals surface area contributed by atoms with Gasteiger partial charge >= 0.3 is 0 Å². The number of rotatable bonds is 4. The Hall–Kier alpha value is -1.09. The number of hydrogen-bond acceptors (Lipinski definition) is 3. The first kappa shape index (κ1) is 9.99. The first-order valence-corrected chi connectivity index (χ1v) is 4.51. The molecule has 2 nitrogen and oxygen atoms in total. The van der Waals surface area contributed by atoms with Crippen molar-refractivity contribution in [2.75, 3.05) is 12.3 Å². The predicted octanol–water partition coefficient (Wildman–Crippen LogP) is 2.51. The molecule has 0 unspecified atom stereocenters. The molecule has 1 aromatic rings. The maximum Gasteiger partial charge on any atom is 0.120 e. The van der Waals surface area contributed by atoms with Crippen LogP contribution in [0.1, 0.15) is 6.42 Å². The molecule has 0 spiro atoms. The molecule has 0 amide bonds. The van der Waals surface area contributed by atoms with Gasteiger partial charge in [0, 0.05) is 10.6 Å². The van der Waals surface area contributed by atoms with Crippen LogP contribution in [0.5, 0.6) is 5.75 Å². The normalized spacial score (nSPS) is 9.62. The van der Waals surface area contributed by atoms with Gasteiger partial charge in [0.15, 0.2) is 0 Å². The zero-order chi connectivity index (χ0) is 9.68. The number of benzene rings is 1. The van der Waals surface area contributed by atoms with Crippen molar-refractivity contribution in [3.8, 4) is 5.75 Å². The summed E-state index contributed by atoms with van der Waals surface area (Å²) < 4.78 is 5.41. The van der Waals surface area contributed by atoms with Gasteiger partial charge in [-0.05, 0) is 24.6 Å². The molecule has 3 heteroatoms. The van der Waals surface area contributed by atoms with E-state index >= 15 is 0 Å². The van der Waals surface area contributed by atoms with Gasteiger partial charge in [0.2, 0.25) is 0 Å². The van der Waals surface area contributed by atoms with E-state index in [2.05, 4.69) is 19.2 Å². The number of thiol groups is 1. The van der Waals surface area contributed by atoms with E-state index in [-0.39, 0.29) is 0 Å². The molecule has 0 saturated heterocycles. The lowest BCUT2D eigenvalue weighted by Crippen LogP contribution is -1.96. The summed E-state index contributed by atoms with van der Waals surface area (Å²) in [5.74, 6) is 0.793. The van der Waals surface area contributed by atoms with Crippen molar-refractivity contribution >= 4 is 18.3 Å². The standard InChI is InChI=1S/C10H13NOS/c1-2-3-6-12-8-4-5-9(11)10(13)7-8/h2,4-5,7,13H,1,3,6,11H2. The minimum atomic E-state index is 0.640. The molecule has 0 aliphatic rings. The van der Waals surface area contributed by atoms with Crippen molar-refractivity contribution in [1.29, 1.82) is 0 Å². The quantitative estimate of drug-likeness (QED) is 0.335. The summed E-state index contributed by atoms with van der Waals surface area (Å²) in [5.41, 5.74) is 6.26. The molecule has 0 heterocycles. The minimum absolute atomic E-state index is 0.640. The number of hydrogen-bond donors (Lipinski definition) is 2. The van der Waals surface area contributed by atoms with Crippen molar-refractivity contribution in [1.82, 2.24) is 0 Å². The Bertz CT molecular complexity index is 299. The highest BCUT2D eigenvalue weighted by atomic mass is 32.1. The first-order valence-electron chi connectivity index (χ1n) is 4.06. The Morgan fingerprint density at radius 3 is 2.92 bits per heavy atom. The zero-order valence-corrected chi connectivity index (χ0v) is 8.26. The third kappa shape index (κ3) is 3.03. The van der Waals surface area contributed by atoms with Crippen LogP contribution in [0, 0.1) is 0 Å². The fourth-order valence-electron chi connectivity index (χ4n) is 0.873. The van der Waals surface area contributed by atoms with E-state index in [0.717, 1.165) is 17.1 Å². The van der Waals surface area contributed by atoms with Crippen molar-refractivity contribution < 1.29 is 4.74 Å². The molecular formula is C10H13NOS. The van der Waals surface area contributed by atoms with Gasteiger partial charge in [0.1, 0.15) is 5.75 Å². The topological polar surface area (TPSA) is 35.2 Å². The molecule has 0 aliphatic heterocycles. The second-order valence-electron chi connectivity index (χ2n) is 2.65. The van der Waals surface area contributed by atoms with Crippen LogP contribution < -0.4 is 10.5 Å². The Morgan fingerprint density at radius 2 is 2.31 bits per heavy atom. The molecule has 0 atom stereocenters. The maximum absolute atomic E-state index is 5.60. The van der Waals surface area contributed by atoms with Crippen LogP contribution in [-0.4, -0.2) is 6.61 Å². The lowest BCUT2D eigenvalue weighted by Gasteiger charge is -2.06. The number of nitrogens with two attached hydrogens (primary N) is 1. The number of nitrogen functional groups attached to an aromatic ring is 1. The molecule has 13 heavy (non-hydrogen) atoms. The highest BCUT2D eigenvalue weighted by Gasteiger charge is 1.97. The van der Waals surface area contributed by atoms with E-state index in [1.54, 1.807) is 6.07 Å². The van der Waals surface area contributed by atoms with Gasteiger partial charge in [0.25, 0.3) is 0 Å². The molecule has 0 aromatic heterocycles. The molecule has 1 rings (SSSR count). The van der Waals surface area contributed by atoms with Gasteiger partial charge in [-0.15, -0.1) is 19.2 Å². The summed E-state index contributed by atoms with van der Waals surface area (Å²) in [6.45, 7) is 4.25. The molecular weight excluding hydrogens is 182 g/mol. The van der Waals surface area contributed by atoms with E-state index in [1.165, 1.54) is 0 Å². The highest BCUT2D eigenvalue weighted by molar-refractivity contribution is 7.80. The third-order valence-electron chi connectivity index (χ3n) is 1.59. The van der Waals surface area contributed by atoms with Crippen LogP contribution >= 0.6 is 12.6 Å². The second kappa shape index (κ2) is 4.82. The van der Waals surface area contributed by atoms with Crippen molar-refractivity contribution in [3.63, 3.8) is 0 Å². The van der Waals surface area contributed by atoms with Crippen molar-refractivity contribution in [3.05, 3.63) is 30.9 Å². The predicted molar refractivity (Wildman–Crippen MR) is 58.4 cm³/mol. The maximum atomic E-state index is 5.60. The van der Waals surface area contributed by atoms with E-state index in [1.807, 2.05) is 18.2 Å². The zero-order valence-electron chi connectivity index (χ0n) is 7.36. The average Bonchev–Trinajstić information content (AvgIpc) is 2.12. The van der Waals surface area contributed by atoms with Crippen LogP contribution in [0.25, 0.3) is 0 Å². The SMILES string of the molecule is C=CCCOc1ccc(N)c(S)c1. The fourth-order valence-corrected chi connectivity index (χ4v) is 1.08. The van der Waals surface area contributed by atoms with Crippen LogP contribution in [0.3, 0.4) is 0 Å². The molecule has 0 aliphatic carbocycles. The van der Waals surface area contributed by atoms with Gasteiger partial charge in [-0.2, -0.15) is 0 Å². The smallest absolute Gasteiger partial charge is 0.120 e. The Balaban J connectivity index is 2.57. The first-order chi connectivity index (χ1) is 6.24. The fraction of sp³-hybridized carbons (Fsp3) is 0.200. The summed E-state index contributed by atoms with van der Waals surface area (Å²) >= 11 is 4.19. The summed E-state index contributed by atoms with van der Waals surface area (Å²) in [4.78, 5) is 0.746. The van der Waals surface area contributed by atoms with E-state index in [9.17, 15) is 0 Å². The lowest BCUT2D eigenvalue weighted by atomic mass is 10.3. The molecule has 0 saturated carbocycles. The van der Waals surface area contributed by atoms with E-state index in [0.29, 0.717) is 12.3 Å². The number of anilines is 1. The largest absolute Gasteiger partial charge is 0.493 e. The van der Waals surface area contributed by atoms with Crippen LogP contribution in [0.4, 0.5) is 5.69 Å². The summed E-state index contributed by atoms with van der Waals surface area (Å²) in [7, 11) is 0. The van der Waals surface area contributed by atoms with Crippen LogP contribution in [0.15, 0.2) is 35.7 Å². The van der Waals surface area contributed by atoms with Gasteiger partial charge in [-0.1, -0.05) is 6.08 Å². The minimum Gasteiger partial charge on any atom is -0.493 e. The second-order valence-corrected chi connectivity index (χ2v) is 3.13. The van der Waals surface area contributed by atoms with Gasteiger partial charge in [-0.25, -0.2) is 0 Å². The molecule has 0 fully saturated rings. The summed E-state index contributed by atoms with van der Waals surface area (Å²) in [5, 5.41) is 0. The van der Waals surface area contributed by atoms with Gasteiger partial charge in [-0.3, -0.25) is 0 Å². The monoisotopic (exact) mass is 195 g/mol. The van der Waals surface area contributed by atoms with Gasteiger partial charge in [0.05, 0.1) is 6.61 Å². The summed E-state index contributed by atoms with van der Waals surface area (Å²) in [6, 6.07) is 5.42. The van der Waals surface area contributed by atoms with E-state index < -0.39 is 0 Å². The van der Waals surface area contributed by atoms with Gasteiger partial charge < -0.3 is 10.5 Å². The lowest BCUT2D eigenvalue weighted by molar-refractivity contribution is 0.324. The van der Waals surface area contributed by atoms with Crippen LogP contribution in [-0.2, 0) is 0 Å². The molecule has 70 valence electrons. The third-order valence-corrected chi connectivity index (χ3v) is 1.98. The van der Waals surface area contributed by atoms with Crippen molar-refractivity contribution in [2.24, 2.45) is 0 Å². The summed E-state index contributed by atoms with van der Waals surface area (Å²) in [6.07, 6.45) is 2.66. The Kier molecular flexibility index (Phi) is 3.71. The molecule has 1 aromatic carbocycles. The average molecular weight is 195 g/mol. The Morgan fingerprint density at radius 1 is 1.54 bits per heavy atom. The van der Waals surface area contributed by atoms with Crippen molar-refractivity contribution in [2.45, 2.75) is 11.3 Å². The molecule has 2 N–H and O–H groups in total. The molecule has 0 bridgehead atoms. The highest BCUT2D eigenvalue weighted by Crippen LogP contribution is 2.22.